The third-order valence-electron chi connectivity index (χ3n) is 9.47. The molecule has 2 aromatic rings. The Bertz CT molecular complexity index is 1500. The van der Waals surface area contributed by atoms with E-state index in [1.165, 1.54) is 26.8 Å². The summed E-state index contributed by atoms with van der Waals surface area (Å²) in [6.07, 6.45) is 1.04. The standard InChI is InChI=1S/C31H35NO10/c1-16(33)38-15-30(5)22-14-24(40-18(3)35)31(6)27(29(22,4)11-10-23(30)39-17(2)34)26(36)25-21(42-31)13-20(41-28(25)37)19-9-7-8-12-32-19/h7-9,12-13,22-24,27H,10-11,14-15H2,1-6H3/t22-,23+,24+,27-,29+,30+,31-/m1/s1. The number of nitrogens with zero attached hydrogens (tertiary/aromatic N) is 1. The van der Waals surface area contributed by atoms with Crippen molar-refractivity contribution in [2.75, 3.05) is 6.61 Å². The van der Waals surface area contributed by atoms with E-state index in [0.29, 0.717) is 18.5 Å². The molecule has 2 saturated carbocycles. The summed E-state index contributed by atoms with van der Waals surface area (Å²) in [5, 5.41) is 0. The van der Waals surface area contributed by atoms with Gasteiger partial charge in [-0.05, 0) is 49.7 Å². The Morgan fingerprint density at radius 2 is 1.69 bits per heavy atom. The smallest absolute Gasteiger partial charge is 0.351 e. The van der Waals surface area contributed by atoms with Gasteiger partial charge in [0.05, 0.1) is 5.92 Å². The van der Waals surface area contributed by atoms with Crippen LogP contribution in [0.1, 0.15) is 71.2 Å². The highest BCUT2D eigenvalue weighted by molar-refractivity contribution is 6.02. The van der Waals surface area contributed by atoms with Crippen LogP contribution in [0, 0.1) is 22.7 Å². The minimum atomic E-state index is -1.35. The van der Waals surface area contributed by atoms with Gasteiger partial charge in [-0.25, -0.2) is 4.79 Å². The van der Waals surface area contributed by atoms with Crippen LogP contribution < -0.4 is 10.4 Å². The summed E-state index contributed by atoms with van der Waals surface area (Å²) in [5.41, 5.74) is -3.82. The van der Waals surface area contributed by atoms with Gasteiger partial charge in [-0.1, -0.05) is 19.9 Å². The number of ketones is 1. The maximum absolute atomic E-state index is 14.5. The normalized spacial score (nSPS) is 33.2. The van der Waals surface area contributed by atoms with Crippen molar-refractivity contribution in [1.82, 2.24) is 4.98 Å². The summed E-state index contributed by atoms with van der Waals surface area (Å²) >= 11 is 0. The molecule has 0 bridgehead atoms. The minimum absolute atomic E-state index is 0.0335. The molecule has 0 amide bonds. The SMILES string of the molecule is CC(=O)OC[C@@]1(C)[C@@H]2C[C@H](OC(C)=O)[C@@]3(C)Oc4cc(-c5ccccn5)oc(=O)c4C(=O)[C@@H]3[C@@]2(C)CC[C@@H]1OC(C)=O. The lowest BCUT2D eigenvalue weighted by atomic mass is 9.43. The van der Waals surface area contributed by atoms with Crippen molar-refractivity contribution in [2.45, 2.75) is 78.6 Å². The fourth-order valence-corrected chi connectivity index (χ4v) is 7.78. The molecule has 3 heterocycles. The molecule has 1 aliphatic heterocycles. The molecular formula is C31H35NO10. The number of hydrogen-bond donors (Lipinski definition) is 0. The average molecular weight is 582 g/mol. The van der Waals surface area contributed by atoms with E-state index in [4.69, 9.17) is 23.4 Å². The predicted molar refractivity (Wildman–Crippen MR) is 146 cm³/mol. The highest BCUT2D eigenvalue weighted by atomic mass is 16.6. The third-order valence-corrected chi connectivity index (χ3v) is 9.47. The molecule has 0 aromatic carbocycles. The van der Waals surface area contributed by atoms with Crippen LogP contribution >= 0.6 is 0 Å². The second-order valence-corrected chi connectivity index (χ2v) is 12.3. The number of pyridine rings is 1. The molecule has 0 N–H and O–H groups in total. The van der Waals surface area contributed by atoms with Crippen molar-refractivity contribution in [3.8, 4) is 17.2 Å². The summed E-state index contributed by atoms with van der Waals surface area (Å²) in [5.74, 6) is -3.26. The first-order chi connectivity index (χ1) is 19.7. The Hall–Kier alpha value is -4.02. The van der Waals surface area contributed by atoms with Gasteiger partial charge in [-0.3, -0.25) is 24.2 Å². The predicted octanol–water partition coefficient (Wildman–Crippen LogP) is 3.90. The maximum Gasteiger partial charge on any atom is 0.351 e. The molecule has 2 fully saturated rings. The van der Waals surface area contributed by atoms with Crippen molar-refractivity contribution in [3.63, 3.8) is 0 Å². The summed E-state index contributed by atoms with van der Waals surface area (Å²) < 4.78 is 29.2. The Labute approximate surface area is 242 Å². The van der Waals surface area contributed by atoms with E-state index in [9.17, 15) is 24.0 Å². The monoisotopic (exact) mass is 581 g/mol. The first-order valence-corrected chi connectivity index (χ1v) is 14.0. The summed E-state index contributed by atoms with van der Waals surface area (Å²) in [4.78, 5) is 68.5. The zero-order chi connectivity index (χ0) is 30.6. The van der Waals surface area contributed by atoms with Crippen LogP contribution in [0.3, 0.4) is 0 Å². The number of esters is 3. The molecule has 2 aliphatic carbocycles. The van der Waals surface area contributed by atoms with E-state index < -0.39 is 69.8 Å². The van der Waals surface area contributed by atoms with Gasteiger partial charge >= 0.3 is 23.5 Å². The van der Waals surface area contributed by atoms with Gasteiger partial charge in [-0.15, -0.1) is 0 Å². The molecule has 11 heteroatoms. The van der Waals surface area contributed by atoms with Gasteiger partial charge in [0.25, 0.3) is 0 Å². The van der Waals surface area contributed by atoms with E-state index in [1.807, 2.05) is 13.8 Å². The molecule has 0 radical (unpaired) electrons. The van der Waals surface area contributed by atoms with Gasteiger partial charge < -0.3 is 23.4 Å². The van der Waals surface area contributed by atoms with Crippen LogP contribution in [0.15, 0.2) is 39.7 Å². The molecule has 224 valence electrons. The molecule has 7 atom stereocenters. The molecule has 0 unspecified atom stereocenters. The largest absolute Gasteiger partial charge is 0.482 e. The number of rotatable bonds is 5. The van der Waals surface area contributed by atoms with Gasteiger partial charge in [0.2, 0.25) is 0 Å². The van der Waals surface area contributed by atoms with Crippen molar-refractivity contribution in [1.29, 1.82) is 0 Å². The van der Waals surface area contributed by atoms with Crippen LogP contribution in [0.5, 0.6) is 5.75 Å². The topological polar surface area (TPSA) is 148 Å². The lowest BCUT2D eigenvalue weighted by molar-refractivity contribution is -0.240. The van der Waals surface area contributed by atoms with Crippen LogP contribution in [-0.4, -0.2) is 53.1 Å². The lowest BCUT2D eigenvalue weighted by Crippen LogP contribution is -2.72. The molecule has 0 saturated heterocycles. The zero-order valence-electron chi connectivity index (χ0n) is 24.6. The number of fused-ring (bicyclic) bond motifs is 4. The Morgan fingerprint density at radius 1 is 1.00 bits per heavy atom. The second-order valence-electron chi connectivity index (χ2n) is 12.3. The van der Waals surface area contributed by atoms with Crippen molar-refractivity contribution in [3.05, 3.63) is 46.4 Å². The number of ether oxygens (including phenoxy) is 4. The Kier molecular flexibility index (Phi) is 7.27. The van der Waals surface area contributed by atoms with E-state index in [-0.39, 0.29) is 30.1 Å². The lowest BCUT2D eigenvalue weighted by Gasteiger charge is -2.65. The third kappa shape index (κ3) is 4.68. The van der Waals surface area contributed by atoms with Crippen molar-refractivity contribution in [2.24, 2.45) is 22.7 Å². The number of carbonyl (C=O) groups excluding carboxylic acids is 4. The Balaban J connectivity index is 1.67. The zero-order valence-corrected chi connectivity index (χ0v) is 24.6. The first-order valence-electron chi connectivity index (χ1n) is 14.0. The molecular weight excluding hydrogens is 546 g/mol. The highest BCUT2D eigenvalue weighted by Crippen LogP contribution is 2.65. The van der Waals surface area contributed by atoms with E-state index in [1.54, 1.807) is 31.3 Å². The fraction of sp³-hybridized carbons (Fsp3) is 0.548. The van der Waals surface area contributed by atoms with E-state index >= 15 is 0 Å². The summed E-state index contributed by atoms with van der Waals surface area (Å²) in [6.45, 7) is 9.32. The highest BCUT2D eigenvalue weighted by Gasteiger charge is 2.71. The quantitative estimate of drug-likeness (QED) is 0.374. The van der Waals surface area contributed by atoms with Crippen LogP contribution in [-0.2, 0) is 28.6 Å². The number of hydrogen-bond acceptors (Lipinski definition) is 11. The van der Waals surface area contributed by atoms with Crippen molar-refractivity contribution < 1.29 is 42.5 Å². The van der Waals surface area contributed by atoms with Gasteiger partial charge in [0.1, 0.15) is 35.8 Å². The number of Topliss-reactive ketones (excluding diaryl/α,β-unsaturated/α-hetero) is 1. The molecule has 3 aliphatic rings. The molecule has 2 aromatic heterocycles. The van der Waals surface area contributed by atoms with E-state index in [0.717, 1.165) is 0 Å². The van der Waals surface area contributed by atoms with Crippen LogP contribution in [0.4, 0.5) is 0 Å². The van der Waals surface area contributed by atoms with Gasteiger partial charge in [0.15, 0.2) is 17.1 Å². The molecule has 11 nitrogen and oxygen atoms in total. The van der Waals surface area contributed by atoms with E-state index in [2.05, 4.69) is 4.98 Å². The summed E-state index contributed by atoms with van der Waals surface area (Å²) in [7, 11) is 0. The van der Waals surface area contributed by atoms with Gasteiger partial charge in [0, 0.05) is 38.4 Å². The number of carbonyl (C=O) groups is 4. The molecule has 42 heavy (non-hydrogen) atoms. The number of aromatic nitrogens is 1. The van der Waals surface area contributed by atoms with Crippen molar-refractivity contribution >= 4 is 23.7 Å². The van der Waals surface area contributed by atoms with Gasteiger partial charge in [-0.2, -0.15) is 0 Å². The fourth-order valence-electron chi connectivity index (χ4n) is 7.78. The Morgan fingerprint density at radius 3 is 2.31 bits per heavy atom. The maximum atomic E-state index is 14.5. The first kappa shape index (κ1) is 29.5. The van der Waals surface area contributed by atoms with Crippen LogP contribution in [0.25, 0.3) is 11.5 Å². The summed E-state index contributed by atoms with van der Waals surface area (Å²) in [6, 6.07) is 6.60. The second kappa shape index (κ2) is 10.4. The molecule has 5 rings (SSSR count). The average Bonchev–Trinajstić information content (AvgIpc) is 2.90. The molecule has 0 spiro atoms. The van der Waals surface area contributed by atoms with Crippen LogP contribution in [0.2, 0.25) is 0 Å². The minimum Gasteiger partial charge on any atom is -0.482 e.